The van der Waals surface area contributed by atoms with Crippen molar-refractivity contribution in [3.8, 4) is 17.2 Å². The van der Waals surface area contributed by atoms with Gasteiger partial charge in [0.2, 0.25) is 5.89 Å². The minimum Gasteiger partial charge on any atom is -0.494 e. The number of anilines is 1. The van der Waals surface area contributed by atoms with Gasteiger partial charge in [-0.15, -0.1) is 0 Å². The predicted molar refractivity (Wildman–Crippen MR) is 115 cm³/mol. The van der Waals surface area contributed by atoms with Gasteiger partial charge < -0.3 is 14.5 Å². The molecule has 1 aromatic heterocycles. The number of nitrogens with zero attached hydrogens (tertiary/aromatic N) is 1. The fourth-order valence-electron chi connectivity index (χ4n) is 2.87. The number of amides is 1. The van der Waals surface area contributed by atoms with Crippen LogP contribution in [0, 0.1) is 0 Å². The van der Waals surface area contributed by atoms with Crippen LogP contribution in [-0.4, -0.2) is 17.5 Å². The lowest BCUT2D eigenvalue weighted by Crippen LogP contribution is -2.12. The molecule has 0 bridgehead atoms. The first-order valence-electron chi connectivity index (χ1n) is 8.93. The standard InChI is InChI=1S/C22H16Cl2N2O3/c1-2-28-16-5-3-4-13(10-16)21(27)25-18-11-14(6-8-17(18)24)22-26-19-12-15(23)7-9-20(19)29-22/h3-12H,2H2,1H3,(H,25,27). The van der Waals surface area contributed by atoms with Crippen molar-refractivity contribution in [1.82, 2.24) is 4.98 Å². The first-order chi connectivity index (χ1) is 14.0. The number of halogens is 2. The molecule has 1 heterocycles. The van der Waals surface area contributed by atoms with Gasteiger partial charge >= 0.3 is 0 Å². The van der Waals surface area contributed by atoms with Gasteiger partial charge in [-0.3, -0.25) is 4.79 Å². The summed E-state index contributed by atoms with van der Waals surface area (Å²) in [4.78, 5) is 17.1. The molecule has 0 aliphatic rings. The van der Waals surface area contributed by atoms with E-state index in [9.17, 15) is 4.79 Å². The quantitative estimate of drug-likeness (QED) is 0.397. The largest absolute Gasteiger partial charge is 0.494 e. The molecular weight excluding hydrogens is 411 g/mol. The Morgan fingerprint density at radius 1 is 1.10 bits per heavy atom. The van der Waals surface area contributed by atoms with E-state index >= 15 is 0 Å². The second-order valence-corrected chi connectivity index (χ2v) is 7.08. The molecule has 5 nitrogen and oxygen atoms in total. The molecular formula is C22H16Cl2N2O3. The van der Waals surface area contributed by atoms with Crippen LogP contribution in [0.2, 0.25) is 10.0 Å². The van der Waals surface area contributed by atoms with Crippen LogP contribution in [0.25, 0.3) is 22.6 Å². The van der Waals surface area contributed by atoms with Crippen molar-refractivity contribution < 1.29 is 13.9 Å². The Morgan fingerprint density at radius 3 is 2.79 bits per heavy atom. The number of benzene rings is 3. The van der Waals surface area contributed by atoms with Crippen LogP contribution in [0.1, 0.15) is 17.3 Å². The van der Waals surface area contributed by atoms with Crippen LogP contribution < -0.4 is 10.1 Å². The number of rotatable bonds is 5. The van der Waals surface area contributed by atoms with Gasteiger partial charge in [-0.25, -0.2) is 4.98 Å². The van der Waals surface area contributed by atoms with E-state index in [4.69, 9.17) is 32.4 Å². The van der Waals surface area contributed by atoms with Crippen LogP contribution in [0.15, 0.2) is 65.1 Å². The predicted octanol–water partition coefficient (Wildman–Crippen LogP) is 6.45. The number of oxazole rings is 1. The maximum absolute atomic E-state index is 12.7. The normalized spacial score (nSPS) is 10.9. The van der Waals surface area contributed by atoms with Crippen molar-refractivity contribution in [2.24, 2.45) is 0 Å². The topological polar surface area (TPSA) is 64.4 Å². The molecule has 4 aromatic rings. The van der Waals surface area contributed by atoms with E-state index in [-0.39, 0.29) is 5.91 Å². The maximum atomic E-state index is 12.7. The van der Waals surface area contributed by atoms with E-state index in [0.717, 1.165) is 0 Å². The molecule has 0 fully saturated rings. The van der Waals surface area contributed by atoms with Gasteiger partial charge in [-0.1, -0.05) is 29.3 Å². The first kappa shape index (κ1) is 19.3. The van der Waals surface area contributed by atoms with Crippen LogP contribution in [0.3, 0.4) is 0 Å². The third kappa shape index (κ3) is 4.21. The van der Waals surface area contributed by atoms with E-state index in [0.29, 0.717) is 56.2 Å². The number of hydrogen-bond acceptors (Lipinski definition) is 4. The van der Waals surface area contributed by atoms with Gasteiger partial charge in [0.05, 0.1) is 17.3 Å². The highest BCUT2D eigenvalue weighted by Crippen LogP contribution is 2.31. The summed E-state index contributed by atoms with van der Waals surface area (Å²) in [6.45, 7) is 2.41. The van der Waals surface area contributed by atoms with E-state index in [1.54, 1.807) is 60.7 Å². The SMILES string of the molecule is CCOc1cccc(C(=O)Nc2cc(-c3nc4cc(Cl)ccc4o3)ccc2Cl)c1. The molecule has 146 valence electrons. The van der Waals surface area contributed by atoms with Gasteiger partial charge in [-0.05, 0) is 61.5 Å². The molecule has 4 rings (SSSR count). The molecule has 0 unspecified atom stereocenters. The second kappa shape index (κ2) is 8.15. The lowest BCUT2D eigenvalue weighted by atomic mass is 10.1. The Morgan fingerprint density at radius 2 is 1.97 bits per heavy atom. The Balaban J connectivity index is 1.62. The van der Waals surface area contributed by atoms with Gasteiger partial charge in [0.25, 0.3) is 5.91 Å². The van der Waals surface area contributed by atoms with Gasteiger partial charge in [-0.2, -0.15) is 0 Å². The average Bonchev–Trinajstić information content (AvgIpc) is 3.13. The Hall–Kier alpha value is -3.02. The van der Waals surface area contributed by atoms with Gasteiger partial charge in [0.1, 0.15) is 11.3 Å². The maximum Gasteiger partial charge on any atom is 0.255 e. The molecule has 0 saturated carbocycles. The lowest BCUT2D eigenvalue weighted by molar-refractivity contribution is 0.102. The van der Waals surface area contributed by atoms with Gasteiger partial charge in [0.15, 0.2) is 5.58 Å². The summed E-state index contributed by atoms with van der Waals surface area (Å²) >= 11 is 12.3. The number of hydrogen-bond donors (Lipinski definition) is 1. The smallest absolute Gasteiger partial charge is 0.255 e. The monoisotopic (exact) mass is 426 g/mol. The summed E-state index contributed by atoms with van der Waals surface area (Å²) in [6.07, 6.45) is 0. The number of fused-ring (bicyclic) bond motifs is 1. The molecule has 29 heavy (non-hydrogen) atoms. The number of aromatic nitrogens is 1. The zero-order valence-electron chi connectivity index (χ0n) is 15.4. The Labute approximate surface area is 177 Å². The molecule has 1 N–H and O–H groups in total. The number of carbonyl (C=O) groups is 1. The zero-order chi connectivity index (χ0) is 20.4. The molecule has 0 aliphatic heterocycles. The molecule has 0 aliphatic carbocycles. The van der Waals surface area contributed by atoms with E-state index in [1.807, 2.05) is 6.92 Å². The van der Waals surface area contributed by atoms with Crippen molar-refractivity contribution in [3.63, 3.8) is 0 Å². The lowest BCUT2D eigenvalue weighted by Gasteiger charge is -2.10. The van der Waals surface area contributed by atoms with E-state index in [1.165, 1.54) is 0 Å². The minimum absolute atomic E-state index is 0.296. The summed E-state index contributed by atoms with van der Waals surface area (Å²) < 4.78 is 11.2. The molecule has 3 aromatic carbocycles. The third-order valence-corrected chi connectivity index (χ3v) is 4.78. The minimum atomic E-state index is -0.296. The summed E-state index contributed by atoms with van der Waals surface area (Å²) in [5, 5.41) is 3.82. The van der Waals surface area contributed by atoms with Crippen molar-refractivity contribution >= 4 is 45.9 Å². The highest BCUT2D eigenvalue weighted by molar-refractivity contribution is 6.34. The van der Waals surface area contributed by atoms with Crippen LogP contribution in [0.5, 0.6) is 5.75 Å². The van der Waals surface area contributed by atoms with Crippen molar-refractivity contribution in [3.05, 3.63) is 76.3 Å². The third-order valence-electron chi connectivity index (χ3n) is 4.22. The summed E-state index contributed by atoms with van der Waals surface area (Å²) in [6, 6.07) is 17.4. The highest BCUT2D eigenvalue weighted by atomic mass is 35.5. The number of ether oxygens (including phenoxy) is 1. The van der Waals surface area contributed by atoms with Crippen molar-refractivity contribution in [2.45, 2.75) is 6.92 Å². The molecule has 0 spiro atoms. The van der Waals surface area contributed by atoms with E-state index in [2.05, 4.69) is 10.3 Å². The fraction of sp³-hybridized carbons (Fsp3) is 0.0909. The molecule has 0 radical (unpaired) electrons. The van der Waals surface area contributed by atoms with Crippen LogP contribution >= 0.6 is 23.2 Å². The average molecular weight is 427 g/mol. The Kier molecular flexibility index (Phi) is 5.43. The molecule has 1 amide bonds. The first-order valence-corrected chi connectivity index (χ1v) is 9.69. The summed E-state index contributed by atoms with van der Waals surface area (Å²) in [5.41, 5.74) is 2.88. The van der Waals surface area contributed by atoms with Crippen molar-refractivity contribution in [2.75, 3.05) is 11.9 Å². The molecule has 0 saturated heterocycles. The number of carbonyl (C=O) groups excluding carboxylic acids is 1. The second-order valence-electron chi connectivity index (χ2n) is 6.24. The zero-order valence-corrected chi connectivity index (χ0v) is 16.9. The summed E-state index contributed by atoms with van der Waals surface area (Å²) in [5.74, 6) is 0.743. The van der Waals surface area contributed by atoms with E-state index < -0.39 is 0 Å². The van der Waals surface area contributed by atoms with Crippen LogP contribution in [-0.2, 0) is 0 Å². The highest BCUT2D eigenvalue weighted by Gasteiger charge is 2.14. The molecule has 0 atom stereocenters. The van der Waals surface area contributed by atoms with Gasteiger partial charge in [0, 0.05) is 16.1 Å². The number of nitrogens with one attached hydrogen (secondary N) is 1. The summed E-state index contributed by atoms with van der Waals surface area (Å²) in [7, 11) is 0. The molecule has 7 heteroatoms. The fourth-order valence-corrected chi connectivity index (χ4v) is 3.20. The Bertz CT molecular complexity index is 1200. The van der Waals surface area contributed by atoms with Crippen LogP contribution in [0.4, 0.5) is 5.69 Å². The van der Waals surface area contributed by atoms with Crippen molar-refractivity contribution in [1.29, 1.82) is 0 Å².